The van der Waals surface area contributed by atoms with Crippen LogP contribution in [0, 0.1) is 5.82 Å². The lowest BCUT2D eigenvalue weighted by atomic mass is 10.1. The molecule has 176 valence electrons. The van der Waals surface area contributed by atoms with E-state index in [0.717, 1.165) is 23.7 Å². The number of hydrogen-bond donors (Lipinski definition) is 3. The molecule has 2 unspecified atom stereocenters. The quantitative estimate of drug-likeness (QED) is 0.291. The third-order valence-corrected chi connectivity index (χ3v) is 6.09. The fraction of sp³-hybridized carbons (Fsp3) is 0.364. The molecule has 2 atom stereocenters. The Hall–Kier alpha value is -2.24. The molecule has 0 bridgehead atoms. The van der Waals surface area contributed by atoms with E-state index in [9.17, 15) is 9.90 Å². The van der Waals surface area contributed by atoms with Crippen molar-refractivity contribution in [1.29, 1.82) is 0 Å². The first-order valence-electron chi connectivity index (χ1n) is 10.5. The highest BCUT2D eigenvalue weighted by Gasteiger charge is 2.24. The van der Waals surface area contributed by atoms with Crippen molar-refractivity contribution in [2.24, 2.45) is 0 Å². The number of nitrogens with one attached hydrogen (secondary N) is 2. The number of aliphatic hydroxyl groups is 1. The number of aromatic nitrogens is 2. The number of fused-ring (bicyclic) bond motifs is 1. The molecule has 1 aromatic heterocycles. The molecule has 1 saturated heterocycles. The molecule has 0 spiro atoms. The minimum absolute atomic E-state index is 0.00515. The van der Waals surface area contributed by atoms with Crippen LogP contribution in [0.5, 0.6) is 0 Å². The maximum absolute atomic E-state index is 15.7. The van der Waals surface area contributed by atoms with E-state index in [0.29, 0.717) is 29.4 Å². The Morgan fingerprint density at radius 2 is 2.27 bits per heavy atom. The molecule has 3 aromatic rings. The summed E-state index contributed by atoms with van der Waals surface area (Å²) in [5.41, 5.74) is 2.94. The Balaban J connectivity index is 1.76. The highest BCUT2D eigenvalue weighted by Crippen LogP contribution is 2.34. The van der Waals surface area contributed by atoms with Gasteiger partial charge in [0.05, 0.1) is 46.5 Å². The number of hydrogen-bond acceptors (Lipinski definition) is 6. The number of amides is 1. The van der Waals surface area contributed by atoms with Crippen LogP contribution in [0.4, 0.5) is 15.8 Å². The van der Waals surface area contributed by atoms with E-state index in [1.54, 1.807) is 22.8 Å². The highest BCUT2D eigenvalue weighted by atomic mass is 79.9. The zero-order chi connectivity index (χ0) is 23.5. The molecule has 0 aliphatic carbocycles. The van der Waals surface area contributed by atoms with Crippen molar-refractivity contribution in [2.45, 2.75) is 45.1 Å². The summed E-state index contributed by atoms with van der Waals surface area (Å²) in [6.45, 7) is 2.52. The highest BCUT2D eigenvalue weighted by molar-refractivity contribution is 9.10. The average molecular weight is 542 g/mol. The molecule has 2 aromatic carbocycles. The number of rotatable bonds is 7. The number of imidazole rings is 1. The first kappa shape index (κ1) is 23.9. The Morgan fingerprint density at radius 1 is 1.45 bits per heavy atom. The SMILES string of the molecule is CC(O)ONC(=O)c1cc2c(ncn2CC2CCCCO2)c(F)c1Nc1ccc(Br)cc1Cl. The van der Waals surface area contributed by atoms with Gasteiger partial charge in [0.2, 0.25) is 0 Å². The van der Waals surface area contributed by atoms with Gasteiger partial charge in [-0.2, -0.15) is 0 Å². The van der Waals surface area contributed by atoms with E-state index in [1.807, 2.05) is 0 Å². The average Bonchev–Trinajstić information content (AvgIpc) is 3.18. The molecule has 0 saturated carbocycles. The summed E-state index contributed by atoms with van der Waals surface area (Å²) >= 11 is 9.62. The molecule has 3 N–H and O–H groups in total. The van der Waals surface area contributed by atoms with Gasteiger partial charge in [0.15, 0.2) is 12.1 Å². The Kier molecular flexibility index (Phi) is 7.50. The van der Waals surface area contributed by atoms with Crippen molar-refractivity contribution >= 4 is 55.8 Å². The van der Waals surface area contributed by atoms with E-state index >= 15 is 4.39 Å². The van der Waals surface area contributed by atoms with Crippen LogP contribution in [-0.4, -0.2) is 39.6 Å². The maximum Gasteiger partial charge on any atom is 0.277 e. The van der Waals surface area contributed by atoms with E-state index in [2.05, 4.69) is 31.7 Å². The lowest BCUT2D eigenvalue weighted by Gasteiger charge is -2.23. The normalized spacial score (nSPS) is 17.2. The monoisotopic (exact) mass is 540 g/mol. The number of anilines is 2. The van der Waals surface area contributed by atoms with Crippen LogP contribution in [0.2, 0.25) is 5.02 Å². The predicted octanol–water partition coefficient (Wildman–Crippen LogP) is 4.90. The van der Waals surface area contributed by atoms with Crippen molar-refractivity contribution in [3.8, 4) is 0 Å². The van der Waals surface area contributed by atoms with Crippen LogP contribution in [0.25, 0.3) is 11.0 Å². The number of carbonyl (C=O) groups is 1. The number of benzene rings is 2. The summed E-state index contributed by atoms with van der Waals surface area (Å²) in [6.07, 6.45) is 3.29. The van der Waals surface area contributed by atoms with Crippen LogP contribution < -0.4 is 10.8 Å². The van der Waals surface area contributed by atoms with Crippen molar-refractivity contribution in [2.75, 3.05) is 11.9 Å². The molecule has 1 aliphatic rings. The molecule has 4 rings (SSSR count). The van der Waals surface area contributed by atoms with Gasteiger partial charge >= 0.3 is 0 Å². The summed E-state index contributed by atoms with van der Waals surface area (Å²) in [4.78, 5) is 21.9. The van der Waals surface area contributed by atoms with E-state index in [-0.39, 0.29) is 22.9 Å². The number of halogens is 3. The van der Waals surface area contributed by atoms with Gasteiger partial charge in [0, 0.05) is 11.1 Å². The molecule has 8 nitrogen and oxygen atoms in total. The van der Waals surface area contributed by atoms with Crippen LogP contribution in [0.15, 0.2) is 35.1 Å². The van der Waals surface area contributed by atoms with E-state index < -0.39 is 18.0 Å². The van der Waals surface area contributed by atoms with Crippen molar-refractivity contribution in [3.63, 3.8) is 0 Å². The minimum Gasteiger partial charge on any atom is -0.376 e. The molecular weight excluding hydrogens is 519 g/mol. The number of hydroxylamine groups is 1. The zero-order valence-electron chi connectivity index (χ0n) is 17.8. The standard InChI is InChI=1S/C22H23BrClFN4O4/c1-12(30)33-28-22(31)15-9-18-21(26-11-29(18)10-14-4-2-3-7-32-14)19(25)20(15)27-17-6-5-13(23)8-16(17)24/h5-6,8-9,11-12,14,27,30H,2-4,7,10H2,1H3,(H,28,31). The van der Waals surface area contributed by atoms with Crippen LogP contribution >= 0.6 is 27.5 Å². The smallest absolute Gasteiger partial charge is 0.277 e. The Labute approximate surface area is 203 Å². The first-order chi connectivity index (χ1) is 15.8. The van der Waals surface area contributed by atoms with Gasteiger partial charge in [-0.1, -0.05) is 27.5 Å². The van der Waals surface area contributed by atoms with Gasteiger partial charge in [-0.05, 0) is 50.5 Å². The number of aliphatic hydroxyl groups excluding tert-OH is 1. The summed E-state index contributed by atoms with van der Waals surface area (Å²) in [5.74, 6) is -1.45. The van der Waals surface area contributed by atoms with Crippen molar-refractivity contribution in [3.05, 3.63) is 51.5 Å². The fourth-order valence-corrected chi connectivity index (χ4v) is 4.42. The second-order valence-corrected chi connectivity index (χ2v) is 9.09. The third kappa shape index (κ3) is 5.47. The number of nitrogens with zero attached hydrogens (tertiary/aromatic N) is 2. The lowest BCUT2D eigenvalue weighted by molar-refractivity contribution is -0.121. The number of ether oxygens (including phenoxy) is 1. The van der Waals surface area contributed by atoms with Crippen LogP contribution in [-0.2, 0) is 16.1 Å². The first-order valence-corrected chi connectivity index (χ1v) is 11.7. The van der Waals surface area contributed by atoms with Gasteiger partial charge in [0.25, 0.3) is 5.91 Å². The van der Waals surface area contributed by atoms with Crippen LogP contribution in [0.3, 0.4) is 0 Å². The zero-order valence-corrected chi connectivity index (χ0v) is 20.1. The Morgan fingerprint density at radius 3 is 2.97 bits per heavy atom. The maximum atomic E-state index is 15.7. The summed E-state index contributed by atoms with van der Waals surface area (Å²) in [6, 6.07) is 6.57. The summed E-state index contributed by atoms with van der Waals surface area (Å²) in [7, 11) is 0. The van der Waals surface area contributed by atoms with E-state index in [4.69, 9.17) is 21.2 Å². The third-order valence-electron chi connectivity index (χ3n) is 5.29. The molecule has 33 heavy (non-hydrogen) atoms. The second-order valence-electron chi connectivity index (χ2n) is 7.76. The number of carbonyl (C=O) groups excluding carboxylic acids is 1. The molecule has 1 fully saturated rings. The molecule has 2 heterocycles. The molecule has 1 amide bonds. The van der Waals surface area contributed by atoms with Gasteiger partial charge in [0.1, 0.15) is 5.52 Å². The minimum atomic E-state index is -1.24. The van der Waals surface area contributed by atoms with Crippen LogP contribution in [0.1, 0.15) is 36.5 Å². The van der Waals surface area contributed by atoms with Gasteiger partial charge in [-0.3, -0.25) is 4.79 Å². The summed E-state index contributed by atoms with van der Waals surface area (Å²) < 4.78 is 24.0. The summed E-state index contributed by atoms with van der Waals surface area (Å²) in [5, 5.41) is 12.6. The van der Waals surface area contributed by atoms with Gasteiger partial charge in [-0.25, -0.2) is 19.7 Å². The van der Waals surface area contributed by atoms with Crippen molar-refractivity contribution in [1.82, 2.24) is 15.0 Å². The lowest BCUT2D eigenvalue weighted by Crippen LogP contribution is -2.29. The predicted molar refractivity (Wildman–Crippen MR) is 126 cm³/mol. The van der Waals surface area contributed by atoms with E-state index in [1.165, 1.54) is 19.3 Å². The second kappa shape index (κ2) is 10.4. The largest absolute Gasteiger partial charge is 0.376 e. The molecule has 11 heteroatoms. The van der Waals surface area contributed by atoms with Crippen molar-refractivity contribution < 1.29 is 23.9 Å². The Bertz CT molecular complexity index is 1170. The van der Waals surface area contributed by atoms with Gasteiger partial charge < -0.3 is 19.7 Å². The molecular formula is C22H23BrClFN4O4. The molecule has 1 aliphatic heterocycles. The van der Waals surface area contributed by atoms with Gasteiger partial charge in [-0.15, -0.1) is 0 Å². The topological polar surface area (TPSA) is 97.6 Å². The molecule has 0 radical (unpaired) electrons. The fourth-order valence-electron chi connectivity index (χ4n) is 3.69.